The number of nitrogens with zero attached hydrogens (tertiary/aromatic N) is 2. The van der Waals surface area contributed by atoms with E-state index in [-0.39, 0.29) is 17.6 Å². The Morgan fingerprint density at radius 1 is 1.50 bits per heavy atom. The molecular weight excluding hydrogens is 313 g/mol. The molecule has 0 aliphatic heterocycles. The summed E-state index contributed by atoms with van der Waals surface area (Å²) in [4.78, 5) is 20.1. The molecule has 24 heavy (non-hydrogen) atoms. The first kappa shape index (κ1) is 19.5. The van der Waals surface area contributed by atoms with Crippen LogP contribution in [0, 0.1) is 6.92 Å². The highest BCUT2D eigenvalue weighted by Gasteiger charge is 2.13. The minimum Gasteiger partial charge on any atom is -0.488 e. The smallest absolute Gasteiger partial charge is 0.275 e. The molecule has 1 aromatic rings. The molecular formula is C17H22FN3O3. The van der Waals surface area contributed by atoms with Crippen LogP contribution >= 0.6 is 0 Å². The highest BCUT2D eigenvalue weighted by molar-refractivity contribution is 5.93. The highest BCUT2D eigenvalue weighted by Crippen LogP contribution is 2.16. The van der Waals surface area contributed by atoms with Crippen molar-refractivity contribution in [2.24, 2.45) is 4.99 Å². The summed E-state index contributed by atoms with van der Waals surface area (Å²) in [5.41, 5.74) is 0.781. The van der Waals surface area contributed by atoms with E-state index in [9.17, 15) is 9.18 Å². The van der Waals surface area contributed by atoms with Crippen molar-refractivity contribution in [1.82, 2.24) is 10.3 Å². The molecule has 0 bridgehead atoms. The maximum absolute atomic E-state index is 12.8. The fourth-order valence-electron chi connectivity index (χ4n) is 1.83. The number of carbonyl (C=O) groups is 1. The van der Waals surface area contributed by atoms with Gasteiger partial charge in [0, 0.05) is 24.9 Å². The van der Waals surface area contributed by atoms with Gasteiger partial charge in [-0.15, -0.1) is 0 Å². The normalized spacial score (nSPS) is 13.4. The average Bonchev–Trinajstić information content (AvgIpc) is 2.50. The molecule has 0 saturated heterocycles. The second-order valence-corrected chi connectivity index (χ2v) is 5.13. The number of nitrogens with one attached hydrogen (secondary N) is 1. The Labute approximate surface area is 141 Å². The number of amides is 1. The summed E-state index contributed by atoms with van der Waals surface area (Å²) in [5.74, 6) is -0.280. The van der Waals surface area contributed by atoms with E-state index >= 15 is 0 Å². The van der Waals surface area contributed by atoms with E-state index in [0.717, 1.165) is 0 Å². The van der Waals surface area contributed by atoms with Crippen LogP contribution in [0.1, 0.15) is 30.0 Å². The molecule has 0 saturated carbocycles. The van der Waals surface area contributed by atoms with Gasteiger partial charge >= 0.3 is 0 Å². The Bertz CT molecular complexity index is 652. The summed E-state index contributed by atoms with van der Waals surface area (Å²) in [6.45, 7) is 8.65. The molecule has 0 spiro atoms. The predicted molar refractivity (Wildman–Crippen MR) is 90.9 cm³/mol. The molecule has 130 valence electrons. The Morgan fingerprint density at radius 2 is 2.21 bits per heavy atom. The van der Waals surface area contributed by atoms with Gasteiger partial charge in [-0.1, -0.05) is 0 Å². The monoisotopic (exact) mass is 335 g/mol. The van der Waals surface area contributed by atoms with Crippen molar-refractivity contribution in [3.05, 3.63) is 47.3 Å². The molecule has 1 rings (SSSR count). The van der Waals surface area contributed by atoms with Crippen LogP contribution in [0.15, 0.2) is 40.9 Å². The third kappa shape index (κ3) is 6.70. The molecule has 1 amide bonds. The van der Waals surface area contributed by atoms with Crippen molar-refractivity contribution in [1.29, 1.82) is 0 Å². The molecule has 1 N–H and O–H groups in total. The van der Waals surface area contributed by atoms with E-state index in [1.807, 2.05) is 6.92 Å². The second-order valence-electron chi connectivity index (χ2n) is 5.13. The zero-order valence-electron chi connectivity index (χ0n) is 14.3. The van der Waals surface area contributed by atoms with Crippen LogP contribution in [0.2, 0.25) is 0 Å². The van der Waals surface area contributed by atoms with Gasteiger partial charge in [0.2, 0.25) is 0 Å². The lowest BCUT2D eigenvalue weighted by atomic mass is 10.2. The number of aliphatic imine (C=N–C) groups is 1. The quantitative estimate of drug-likeness (QED) is 0.585. The first-order valence-electron chi connectivity index (χ1n) is 7.32. The van der Waals surface area contributed by atoms with Crippen LogP contribution in [-0.4, -0.2) is 37.4 Å². The van der Waals surface area contributed by atoms with Crippen LogP contribution in [0.3, 0.4) is 0 Å². The number of rotatable bonds is 8. The summed E-state index contributed by atoms with van der Waals surface area (Å²) >= 11 is 0. The molecule has 1 atom stereocenters. The van der Waals surface area contributed by atoms with E-state index in [4.69, 9.17) is 9.47 Å². The minimum atomic E-state index is -0.494. The number of aryl methyl sites for hydroxylation is 1. The molecule has 0 unspecified atom stereocenters. The van der Waals surface area contributed by atoms with Gasteiger partial charge < -0.3 is 14.8 Å². The Balaban J connectivity index is 2.94. The standard InChI is InChI=1S/C17H22FN3O3/c1-11(18)6-7-16(19-4)21-17(22)15-9-14(8-12(2)20-15)24-13(3)10-23-5/h6-9,13H,4,10H2,1-3,5H3,(H,21,22)/b11-6+,16-7+/t13-/m0/s1. The van der Waals surface area contributed by atoms with E-state index < -0.39 is 11.7 Å². The van der Waals surface area contributed by atoms with E-state index in [0.29, 0.717) is 18.1 Å². The van der Waals surface area contributed by atoms with Gasteiger partial charge in [-0.05, 0) is 39.6 Å². The third-order valence-electron chi connectivity index (χ3n) is 2.78. The highest BCUT2D eigenvalue weighted by atomic mass is 19.1. The van der Waals surface area contributed by atoms with Crippen LogP contribution in [0.4, 0.5) is 4.39 Å². The van der Waals surface area contributed by atoms with Gasteiger partial charge in [-0.25, -0.2) is 14.4 Å². The van der Waals surface area contributed by atoms with E-state index in [2.05, 4.69) is 22.0 Å². The molecule has 0 aliphatic carbocycles. The zero-order valence-corrected chi connectivity index (χ0v) is 14.3. The Morgan fingerprint density at radius 3 is 2.79 bits per heavy atom. The number of hydrogen-bond acceptors (Lipinski definition) is 5. The van der Waals surface area contributed by atoms with Crippen LogP contribution in [0.25, 0.3) is 0 Å². The molecule has 0 aliphatic rings. The zero-order chi connectivity index (χ0) is 18.1. The fourth-order valence-corrected chi connectivity index (χ4v) is 1.83. The van der Waals surface area contributed by atoms with Crippen molar-refractivity contribution >= 4 is 12.6 Å². The number of ether oxygens (including phenoxy) is 2. The number of carbonyl (C=O) groups excluding carboxylic acids is 1. The van der Waals surface area contributed by atoms with Crippen molar-refractivity contribution < 1.29 is 18.7 Å². The molecule has 7 heteroatoms. The number of methoxy groups -OCH3 is 1. The summed E-state index contributed by atoms with van der Waals surface area (Å²) in [6.07, 6.45) is 2.32. The van der Waals surface area contributed by atoms with Crippen molar-refractivity contribution in [2.75, 3.05) is 13.7 Å². The molecule has 6 nitrogen and oxygen atoms in total. The van der Waals surface area contributed by atoms with Crippen LogP contribution < -0.4 is 10.1 Å². The Kier molecular flexibility index (Phi) is 7.77. The van der Waals surface area contributed by atoms with Crippen molar-refractivity contribution in [3.8, 4) is 5.75 Å². The van der Waals surface area contributed by atoms with Gasteiger partial charge in [0.1, 0.15) is 23.4 Å². The SMILES string of the molecule is C=N/C(=C\C=C(/C)F)NC(=O)c1cc(O[C@@H](C)COC)cc(C)n1. The summed E-state index contributed by atoms with van der Waals surface area (Å²) < 4.78 is 23.4. The number of pyridine rings is 1. The van der Waals surface area contributed by atoms with E-state index in [1.54, 1.807) is 20.1 Å². The summed E-state index contributed by atoms with van der Waals surface area (Å²) in [7, 11) is 1.58. The molecule has 1 heterocycles. The largest absolute Gasteiger partial charge is 0.488 e. The third-order valence-corrected chi connectivity index (χ3v) is 2.78. The molecule has 0 aromatic carbocycles. The minimum absolute atomic E-state index is 0.121. The summed E-state index contributed by atoms with van der Waals surface area (Å²) in [6, 6.07) is 3.24. The lowest BCUT2D eigenvalue weighted by Gasteiger charge is -2.15. The lowest BCUT2D eigenvalue weighted by Crippen LogP contribution is -2.24. The number of aromatic nitrogens is 1. The molecule has 0 radical (unpaired) electrons. The second kappa shape index (κ2) is 9.57. The van der Waals surface area contributed by atoms with Crippen LogP contribution in [0.5, 0.6) is 5.75 Å². The first-order valence-corrected chi connectivity index (χ1v) is 7.32. The maximum Gasteiger partial charge on any atom is 0.275 e. The lowest BCUT2D eigenvalue weighted by molar-refractivity contribution is 0.0910. The van der Waals surface area contributed by atoms with Crippen molar-refractivity contribution in [3.63, 3.8) is 0 Å². The average molecular weight is 335 g/mol. The number of halogens is 1. The molecule has 0 fully saturated rings. The van der Waals surface area contributed by atoms with Gasteiger partial charge in [0.15, 0.2) is 0 Å². The number of allylic oxidation sites excluding steroid dienone is 3. The predicted octanol–water partition coefficient (Wildman–Crippen LogP) is 2.95. The van der Waals surface area contributed by atoms with Gasteiger partial charge in [0.25, 0.3) is 5.91 Å². The Hall–Kier alpha value is -2.54. The first-order chi connectivity index (χ1) is 11.3. The van der Waals surface area contributed by atoms with Gasteiger partial charge in [-0.2, -0.15) is 0 Å². The van der Waals surface area contributed by atoms with Gasteiger partial charge in [0.05, 0.1) is 12.4 Å². The number of hydrogen-bond donors (Lipinski definition) is 1. The fraction of sp³-hybridized carbons (Fsp3) is 0.353. The topological polar surface area (TPSA) is 72.8 Å². The molecule has 1 aromatic heterocycles. The van der Waals surface area contributed by atoms with Crippen molar-refractivity contribution in [2.45, 2.75) is 26.9 Å². The van der Waals surface area contributed by atoms with Crippen LogP contribution in [-0.2, 0) is 4.74 Å². The maximum atomic E-state index is 12.8. The summed E-state index contributed by atoms with van der Waals surface area (Å²) in [5, 5.41) is 2.51. The van der Waals surface area contributed by atoms with E-state index in [1.165, 1.54) is 25.1 Å². The van der Waals surface area contributed by atoms with Gasteiger partial charge in [-0.3, -0.25) is 4.79 Å².